The van der Waals surface area contributed by atoms with Crippen molar-refractivity contribution in [1.29, 1.82) is 0 Å². The maximum atomic E-state index is 13.6. The predicted octanol–water partition coefficient (Wildman–Crippen LogP) is 4.23. The number of ether oxygens (including phenoxy) is 1. The second-order valence-electron chi connectivity index (χ2n) is 4.75. The molecule has 0 radical (unpaired) electrons. The van der Waals surface area contributed by atoms with E-state index < -0.39 is 20.3 Å². The van der Waals surface area contributed by atoms with Gasteiger partial charge in [0.2, 0.25) is 9.05 Å². The molecule has 0 spiro atoms. The fraction of sp³-hybridized carbons (Fsp3) is 0.538. The molecule has 1 rings (SSSR count). The third-order valence-corrected chi connectivity index (χ3v) is 4.93. The van der Waals surface area contributed by atoms with E-state index in [9.17, 15) is 12.8 Å². The van der Waals surface area contributed by atoms with Crippen LogP contribution in [0.5, 0.6) is 5.75 Å². The van der Waals surface area contributed by atoms with Crippen LogP contribution in [0.4, 0.5) is 4.39 Å². The Morgan fingerprint density at radius 2 is 1.90 bits per heavy atom. The molecule has 0 bridgehead atoms. The summed E-state index contributed by atoms with van der Waals surface area (Å²) in [5.74, 6) is -0.732. The van der Waals surface area contributed by atoms with E-state index in [1.165, 1.54) is 12.1 Å². The average molecular weight is 343 g/mol. The number of hydrogen-bond acceptors (Lipinski definition) is 3. The van der Waals surface area contributed by atoms with Crippen LogP contribution in [0.25, 0.3) is 0 Å². The smallest absolute Gasteiger partial charge is 0.233 e. The Bertz CT molecular complexity index is 557. The molecule has 20 heavy (non-hydrogen) atoms. The Morgan fingerprint density at radius 3 is 2.35 bits per heavy atom. The van der Waals surface area contributed by atoms with Crippen molar-refractivity contribution in [2.24, 2.45) is 5.41 Å². The molecule has 0 saturated heterocycles. The standard InChI is InChI=1S/C13H17Cl2FO3S/c1-3-13(4-2,9-20(15,17)18)8-19-12-6-5-10(14)7-11(12)16/h5-7H,3-4,8-9H2,1-2H3. The van der Waals surface area contributed by atoms with Gasteiger partial charge in [-0.05, 0) is 31.0 Å². The van der Waals surface area contributed by atoms with E-state index in [4.69, 9.17) is 27.0 Å². The van der Waals surface area contributed by atoms with Crippen LogP contribution in [0, 0.1) is 11.2 Å². The summed E-state index contributed by atoms with van der Waals surface area (Å²) < 4.78 is 41.7. The van der Waals surface area contributed by atoms with Gasteiger partial charge in [0, 0.05) is 21.1 Å². The lowest BCUT2D eigenvalue weighted by Crippen LogP contribution is -2.33. The van der Waals surface area contributed by atoms with Crippen molar-refractivity contribution in [2.45, 2.75) is 26.7 Å². The molecule has 0 aromatic heterocycles. The molecular weight excluding hydrogens is 326 g/mol. The van der Waals surface area contributed by atoms with Crippen molar-refractivity contribution < 1.29 is 17.5 Å². The lowest BCUT2D eigenvalue weighted by atomic mass is 9.85. The first-order valence-electron chi connectivity index (χ1n) is 6.21. The highest BCUT2D eigenvalue weighted by molar-refractivity contribution is 8.13. The van der Waals surface area contributed by atoms with Crippen LogP contribution in [-0.4, -0.2) is 20.8 Å². The summed E-state index contributed by atoms with van der Waals surface area (Å²) in [6.07, 6.45) is 1.12. The average Bonchev–Trinajstić information content (AvgIpc) is 2.35. The molecule has 1 aromatic rings. The molecule has 0 heterocycles. The summed E-state index contributed by atoms with van der Waals surface area (Å²) in [5, 5.41) is 0.274. The first-order chi connectivity index (χ1) is 9.21. The summed E-state index contributed by atoms with van der Waals surface area (Å²) in [4.78, 5) is 0. The van der Waals surface area contributed by atoms with Crippen molar-refractivity contribution in [1.82, 2.24) is 0 Å². The number of rotatable bonds is 7. The number of hydrogen-bond donors (Lipinski definition) is 0. The Balaban J connectivity index is 2.86. The molecule has 0 aliphatic carbocycles. The fourth-order valence-corrected chi connectivity index (χ4v) is 3.96. The monoisotopic (exact) mass is 342 g/mol. The van der Waals surface area contributed by atoms with E-state index in [-0.39, 0.29) is 23.1 Å². The van der Waals surface area contributed by atoms with Crippen LogP contribution < -0.4 is 4.74 Å². The van der Waals surface area contributed by atoms with Crippen LogP contribution in [0.2, 0.25) is 5.02 Å². The van der Waals surface area contributed by atoms with Crippen molar-refractivity contribution in [3.63, 3.8) is 0 Å². The zero-order chi connectivity index (χ0) is 15.4. The third-order valence-electron chi connectivity index (χ3n) is 3.41. The molecule has 1 aromatic carbocycles. The highest BCUT2D eigenvalue weighted by Gasteiger charge is 2.32. The van der Waals surface area contributed by atoms with Crippen molar-refractivity contribution in [3.05, 3.63) is 29.0 Å². The Morgan fingerprint density at radius 1 is 1.30 bits per heavy atom. The normalized spacial score (nSPS) is 12.4. The Labute approximate surface area is 128 Å². The lowest BCUT2D eigenvalue weighted by molar-refractivity contribution is 0.150. The topological polar surface area (TPSA) is 43.4 Å². The SMILES string of the molecule is CCC(CC)(COc1ccc(Cl)cc1F)CS(=O)(=O)Cl. The Hall–Kier alpha value is -0.520. The van der Waals surface area contributed by atoms with E-state index in [0.717, 1.165) is 6.07 Å². The molecule has 0 fully saturated rings. The summed E-state index contributed by atoms with van der Waals surface area (Å²) in [6.45, 7) is 3.78. The summed E-state index contributed by atoms with van der Waals surface area (Å²) in [5.41, 5.74) is -0.632. The minimum Gasteiger partial charge on any atom is -0.490 e. The van der Waals surface area contributed by atoms with Gasteiger partial charge in [0.25, 0.3) is 0 Å². The van der Waals surface area contributed by atoms with Gasteiger partial charge in [0.15, 0.2) is 11.6 Å². The summed E-state index contributed by atoms with van der Waals surface area (Å²) in [7, 11) is 1.68. The van der Waals surface area contributed by atoms with Crippen LogP contribution in [0.15, 0.2) is 18.2 Å². The number of benzene rings is 1. The molecule has 0 atom stereocenters. The van der Waals surface area contributed by atoms with Gasteiger partial charge in [-0.25, -0.2) is 12.8 Å². The van der Waals surface area contributed by atoms with E-state index in [1.807, 2.05) is 13.8 Å². The van der Waals surface area contributed by atoms with Crippen molar-refractivity contribution >= 4 is 31.3 Å². The van der Waals surface area contributed by atoms with Crippen LogP contribution >= 0.6 is 22.3 Å². The summed E-state index contributed by atoms with van der Waals surface area (Å²) >= 11 is 5.66. The van der Waals surface area contributed by atoms with Gasteiger partial charge in [-0.2, -0.15) is 0 Å². The van der Waals surface area contributed by atoms with Crippen molar-refractivity contribution in [2.75, 3.05) is 12.4 Å². The number of halogens is 3. The maximum absolute atomic E-state index is 13.6. The lowest BCUT2D eigenvalue weighted by Gasteiger charge is -2.30. The predicted molar refractivity (Wildman–Crippen MR) is 79.6 cm³/mol. The first kappa shape index (κ1) is 17.5. The van der Waals surface area contributed by atoms with E-state index in [1.54, 1.807) is 0 Å². The molecule has 7 heteroatoms. The van der Waals surface area contributed by atoms with E-state index >= 15 is 0 Å². The van der Waals surface area contributed by atoms with Gasteiger partial charge >= 0.3 is 0 Å². The highest BCUT2D eigenvalue weighted by Crippen LogP contribution is 2.31. The second-order valence-corrected chi connectivity index (χ2v) is 7.97. The van der Waals surface area contributed by atoms with Crippen molar-refractivity contribution in [3.8, 4) is 5.75 Å². The second kappa shape index (κ2) is 6.96. The third kappa shape index (κ3) is 5.11. The van der Waals surface area contributed by atoms with E-state index in [0.29, 0.717) is 12.8 Å². The maximum Gasteiger partial charge on any atom is 0.233 e. The van der Waals surface area contributed by atoms with Gasteiger partial charge in [-0.15, -0.1) is 0 Å². The zero-order valence-corrected chi connectivity index (χ0v) is 13.7. The molecule has 0 unspecified atom stereocenters. The first-order valence-corrected chi connectivity index (χ1v) is 9.07. The van der Waals surface area contributed by atoms with Gasteiger partial charge in [-0.3, -0.25) is 0 Å². The van der Waals surface area contributed by atoms with Gasteiger partial charge in [0.1, 0.15) is 0 Å². The minimum atomic E-state index is -3.65. The molecule has 0 aliphatic rings. The molecule has 0 aliphatic heterocycles. The molecule has 0 saturated carbocycles. The quantitative estimate of drug-likeness (QED) is 0.696. The van der Waals surface area contributed by atoms with Crippen LogP contribution in [-0.2, 0) is 9.05 Å². The molecule has 114 valence electrons. The Kier molecular flexibility index (Phi) is 6.10. The largest absolute Gasteiger partial charge is 0.490 e. The highest BCUT2D eigenvalue weighted by atomic mass is 35.7. The summed E-state index contributed by atoms with van der Waals surface area (Å²) in [6, 6.07) is 4.08. The molecule has 0 amide bonds. The van der Waals surface area contributed by atoms with Gasteiger partial charge in [0.05, 0.1) is 12.4 Å². The van der Waals surface area contributed by atoms with Crippen LogP contribution in [0.3, 0.4) is 0 Å². The molecular formula is C13H17Cl2FO3S. The van der Waals surface area contributed by atoms with Gasteiger partial charge < -0.3 is 4.74 Å². The molecule has 0 N–H and O–H groups in total. The fourth-order valence-electron chi connectivity index (χ4n) is 1.89. The van der Waals surface area contributed by atoms with E-state index in [2.05, 4.69) is 0 Å². The zero-order valence-electron chi connectivity index (χ0n) is 11.3. The van der Waals surface area contributed by atoms with Gasteiger partial charge in [-0.1, -0.05) is 25.4 Å². The molecule has 3 nitrogen and oxygen atoms in total. The van der Waals surface area contributed by atoms with Crippen LogP contribution in [0.1, 0.15) is 26.7 Å². The minimum absolute atomic E-state index is 0.0487.